The fourth-order valence-corrected chi connectivity index (χ4v) is 4.29. The van der Waals surface area contributed by atoms with Crippen LogP contribution in [0.4, 0.5) is 10.1 Å². The molecule has 0 aliphatic heterocycles. The van der Waals surface area contributed by atoms with E-state index in [1.54, 1.807) is 12.1 Å². The number of hydrogen-bond donors (Lipinski definition) is 1. The second kappa shape index (κ2) is 22.6. The molecule has 0 spiro atoms. The largest absolute Gasteiger partial charge is 0.349 e. The Bertz CT molecular complexity index is 1130. The van der Waals surface area contributed by atoms with Crippen LogP contribution in [-0.4, -0.2) is 19.8 Å². The molecule has 3 nitrogen and oxygen atoms in total. The molecule has 1 N–H and O–H groups in total. The molecule has 0 bridgehead atoms. The summed E-state index contributed by atoms with van der Waals surface area (Å²) in [5, 5.41) is 5.57. The van der Waals surface area contributed by atoms with E-state index in [4.69, 9.17) is 4.99 Å². The Labute approximate surface area is 244 Å². The van der Waals surface area contributed by atoms with Crippen molar-refractivity contribution in [2.24, 2.45) is 4.99 Å². The van der Waals surface area contributed by atoms with Crippen molar-refractivity contribution in [3.63, 3.8) is 0 Å². The van der Waals surface area contributed by atoms with Gasteiger partial charge in [0.25, 0.3) is 0 Å². The van der Waals surface area contributed by atoms with Gasteiger partial charge in [-0.1, -0.05) is 97.5 Å². The summed E-state index contributed by atoms with van der Waals surface area (Å²) in [6.07, 6.45) is 9.17. The molecule has 0 aliphatic rings. The fourth-order valence-electron chi connectivity index (χ4n) is 4.29. The molecule has 1 unspecified atom stereocenters. The van der Waals surface area contributed by atoms with Crippen LogP contribution >= 0.6 is 0 Å². The Balaban J connectivity index is 0.000000903. The summed E-state index contributed by atoms with van der Waals surface area (Å²) in [4.78, 5) is 6.95. The summed E-state index contributed by atoms with van der Waals surface area (Å²) in [5.74, 6) is 0.130. The Morgan fingerprint density at radius 3 is 2.20 bits per heavy atom. The molecule has 0 amide bonds. The lowest BCUT2D eigenvalue weighted by Gasteiger charge is -2.22. The monoisotopic (exact) mass is 547 g/mol. The summed E-state index contributed by atoms with van der Waals surface area (Å²) in [5.41, 5.74) is 4.81. The average Bonchev–Trinajstić information content (AvgIpc) is 3.01. The summed E-state index contributed by atoms with van der Waals surface area (Å²) in [6, 6.07) is 19.8. The molecule has 220 valence electrons. The fraction of sp³-hybridized carbons (Fsp3) is 0.417. The number of benzene rings is 3. The van der Waals surface area contributed by atoms with Crippen LogP contribution in [-0.2, 0) is 6.54 Å². The van der Waals surface area contributed by atoms with Crippen molar-refractivity contribution in [3.05, 3.63) is 102 Å². The van der Waals surface area contributed by atoms with Gasteiger partial charge in [0, 0.05) is 36.6 Å². The van der Waals surface area contributed by atoms with Gasteiger partial charge >= 0.3 is 0 Å². The average molecular weight is 548 g/mol. The van der Waals surface area contributed by atoms with Gasteiger partial charge < -0.3 is 10.2 Å². The van der Waals surface area contributed by atoms with E-state index in [1.165, 1.54) is 34.2 Å². The first-order chi connectivity index (χ1) is 19.5. The highest BCUT2D eigenvalue weighted by Gasteiger charge is 2.17. The molecule has 0 fully saturated rings. The minimum Gasteiger partial charge on any atom is -0.349 e. The second-order valence-electron chi connectivity index (χ2n) is 8.68. The zero-order chi connectivity index (χ0) is 30.3. The van der Waals surface area contributed by atoms with E-state index in [2.05, 4.69) is 87.0 Å². The molecular weight excluding hydrogens is 493 g/mol. The number of anilines is 1. The zero-order valence-corrected chi connectivity index (χ0v) is 26.6. The predicted octanol–water partition coefficient (Wildman–Crippen LogP) is 10.7. The molecule has 4 heteroatoms. The van der Waals surface area contributed by atoms with Gasteiger partial charge in [0.15, 0.2) is 0 Å². The number of rotatable bonds is 11. The molecule has 1 atom stereocenters. The summed E-state index contributed by atoms with van der Waals surface area (Å²) >= 11 is 0. The Hall–Kier alpha value is -3.24. The Morgan fingerprint density at radius 1 is 1.00 bits per heavy atom. The second-order valence-corrected chi connectivity index (χ2v) is 8.68. The van der Waals surface area contributed by atoms with Crippen LogP contribution in [0.5, 0.6) is 0 Å². The SMILES string of the molecule is C=CN(CCC)c1ccc2cccc(C(CC)/C(=C/C)N=CCC)c2c1.CC.CC.CNCc1ccc(F)cc1. The minimum absolute atomic E-state index is 0.181. The maximum absolute atomic E-state index is 12.3. The van der Waals surface area contributed by atoms with E-state index in [-0.39, 0.29) is 5.82 Å². The molecule has 0 aromatic heterocycles. The quantitative estimate of drug-likeness (QED) is 0.242. The Morgan fingerprint density at radius 2 is 1.68 bits per heavy atom. The third kappa shape index (κ3) is 11.9. The third-order valence-corrected chi connectivity index (χ3v) is 6.07. The lowest BCUT2D eigenvalue weighted by molar-refractivity contribution is 0.626. The van der Waals surface area contributed by atoms with E-state index >= 15 is 0 Å². The van der Waals surface area contributed by atoms with Crippen molar-refractivity contribution in [1.29, 1.82) is 0 Å². The minimum atomic E-state index is -0.181. The van der Waals surface area contributed by atoms with Crippen molar-refractivity contribution < 1.29 is 4.39 Å². The number of nitrogens with one attached hydrogen (secondary N) is 1. The maximum atomic E-state index is 12.3. The van der Waals surface area contributed by atoms with Gasteiger partial charge in [0.1, 0.15) is 5.82 Å². The number of fused-ring (bicyclic) bond motifs is 1. The lowest BCUT2D eigenvalue weighted by atomic mass is 9.88. The maximum Gasteiger partial charge on any atom is 0.123 e. The smallest absolute Gasteiger partial charge is 0.123 e. The van der Waals surface area contributed by atoms with Crippen molar-refractivity contribution >= 4 is 22.7 Å². The highest BCUT2D eigenvalue weighted by atomic mass is 19.1. The van der Waals surface area contributed by atoms with Crippen LogP contribution in [0.3, 0.4) is 0 Å². The molecule has 0 heterocycles. The van der Waals surface area contributed by atoms with Crippen LogP contribution in [0.1, 0.15) is 91.7 Å². The highest BCUT2D eigenvalue weighted by molar-refractivity contribution is 5.89. The summed E-state index contributed by atoms with van der Waals surface area (Å²) in [6.45, 7) is 22.4. The molecule has 0 aliphatic carbocycles. The van der Waals surface area contributed by atoms with Crippen LogP contribution in [0.25, 0.3) is 10.8 Å². The zero-order valence-electron chi connectivity index (χ0n) is 26.6. The molecule has 0 saturated heterocycles. The normalized spacial score (nSPS) is 11.4. The molecule has 3 rings (SSSR count). The van der Waals surface area contributed by atoms with E-state index < -0.39 is 0 Å². The highest BCUT2D eigenvalue weighted by Crippen LogP contribution is 2.35. The van der Waals surface area contributed by atoms with Gasteiger partial charge in [-0.15, -0.1) is 0 Å². The lowest BCUT2D eigenvalue weighted by Crippen LogP contribution is -2.16. The number of halogens is 1. The molecular formula is C36H54FN3. The van der Waals surface area contributed by atoms with Gasteiger partial charge in [-0.3, -0.25) is 4.99 Å². The van der Waals surface area contributed by atoms with Crippen molar-refractivity contribution in [1.82, 2.24) is 5.32 Å². The van der Waals surface area contributed by atoms with E-state index in [0.717, 1.165) is 43.6 Å². The van der Waals surface area contributed by atoms with Gasteiger partial charge in [-0.2, -0.15) is 0 Å². The van der Waals surface area contributed by atoms with Crippen molar-refractivity contribution in [3.8, 4) is 0 Å². The Kier molecular flexibility index (Phi) is 20.7. The van der Waals surface area contributed by atoms with Crippen LogP contribution in [0.2, 0.25) is 0 Å². The van der Waals surface area contributed by atoms with E-state index in [1.807, 2.05) is 47.2 Å². The molecule has 0 saturated carbocycles. The molecule has 40 heavy (non-hydrogen) atoms. The summed E-state index contributed by atoms with van der Waals surface area (Å²) < 4.78 is 12.3. The predicted molar refractivity (Wildman–Crippen MR) is 179 cm³/mol. The topological polar surface area (TPSA) is 27.6 Å². The molecule has 3 aromatic carbocycles. The molecule has 3 aromatic rings. The van der Waals surface area contributed by atoms with Gasteiger partial charge in [0.05, 0.1) is 0 Å². The van der Waals surface area contributed by atoms with Gasteiger partial charge in [-0.05, 0) is 85.6 Å². The van der Waals surface area contributed by atoms with Gasteiger partial charge in [-0.25, -0.2) is 4.39 Å². The number of allylic oxidation sites excluding steroid dienone is 2. The first-order valence-corrected chi connectivity index (χ1v) is 15.0. The summed E-state index contributed by atoms with van der Waals surface area (Å²) in [7, 11) is 1.86. The first kappa shape index (κ1) is 36.8. The number of aliphatic imine (C=N–C) groups is 1. The molecule has 0 radical (unpaired) electrons. The van der Waals surface area contributed by atoms with E-state index in [0.29, 0.717) is 5.92 Å². The van der Waals surface area contributed by atoms with Crippen LogP contribution in [0, 0.1) is 5.82 Å². The third-order valence-electron chi connectivity index (χ3n) is 6.07. The number of hydrogen-bond acceptors (Lipinski definition) is 3. The standard InChI is InChI=1S/C24H32N2.C8H10FN.2C2H6/c1-6-16-25-24(9-4)21(8-3)22-13-11-12-19-14-15-20(18-23(19)22)26(10-5)17-7-2;1-10-6-7-2-4-8(9)5-3-7;2*1-2/h9-16,18,21H,5-8,17H2,1-4H3;2-5,10H,6H2,1H3;2*1-2H3/b24-9-,25-16?;;;. The van der Waals surface area contributed by atoms with Crippen molar-refractivity contribution in [2.75, 3.05) is 18.5 Å². The van der Waals surface area contributed by atoms with Crippen LogP contribution in [0.15, 0.2) is 90.2 Å². The first-order valence-electron chi connectivity index (χ1n) is 15.0. The number of nitrogens with zero attached hydrogens (tertiary/aromatic N) is 2. The van der Waals surface area contributed by atoms with Crippen LogP contribution < -0.4 is 10.2 Å². The van der Waals surface area contributed by atoms with Gasteiger partial charge in [0.2, 0.25) is 0 Å². The van der Waals surface area contributed by atoms with E-state index in [9.17, 15) is 4.39 Å². The van der Waals surface area contributed by atoms with Crippen molar-refractivity contribution in [2.45, 2.75) is 87.1 Å².